The first-order chi connectivity index (χ1) is 13.9. The second-order valence-corrected chi connectivity index (χ2v) is 14.9. The van der Waals surface area contributed by atoms with E-state index in [9.17, 15) is 9.59 Å². The van der Waals surface area contributed by atoms with Gasteiger partial charge in [0.1, 0.15) is 0 Å². The van der Waals surface area contributed by atoms with Crippen molar-refractivity contribution in [1.82, 2.24) is 0 Å². The minimum atomic E-state index is -1.08. The molecule has 0 heterocycles. The molecule has 0 saturated heterocycles. The first kappa shape index (κ1) is 26.2. The highest BCUT2D eigenvalue weighted by Crippen LogP contribution is 2.50. The Hall–Kier alpha value is -0.843. The molecule has 0 aliphatic heterocycles. The summed E-state index contributed by atoms with van der Waals surface area (Å²) in [6.45, 7) is 9.35. The maximum Gasteiger partial charge on any atom is 0.323 e. The molecule has 0 aromatic rings. The predicted molar refractivity (Wildman–Crippen MR) is 123 cm³/mol. The van der Waals surface area contributed by atoms with E-state index in [0.717, 1.165) is 12.8 Å². The van der Waals surface area contributed by atoms with Gasteiger partial charge in [-0.2, -0.15) is 0 Å². The monoisotopic (exact) mass is 426 g/mol. The highest BCUT2D eigenvalue weighted by atomic mass is 28.3. The Balaban J connectivity index is 2.45. The molecule has 0 N–H and O–H groups in total. The van der Waals surface area contributed by atoms with Crippen molar-refractivity contribution < 1.29 is 19.1 Å². The van der Waals surface area contributed by atoms with Gasteiger partial charge in [0, 0.05) is 0 Å². The van der Waals surface area contributed by atoms with E-state index in [4.69, 9.17) is 9.47 Å². The summed E-state index contributed by atoms with van der Waals surface area (Å²) in [6.07, 6.45) is 9.77. The van der Waals surface area contributed by atoms with Crippen molar-refractivity contribution >= 4 is 20.0 Å². The van der Waals surface area contributed by atoms with Crippen LogP contribution in [0.25, 0.3) is 0 Å². The molecular formula is C24H46O4Si. The molecule has 1 aliphatic rings. The van der Waals surface area contributed by atoms with Crippen LogP contribution in [0.1, 0.15) is 85.5 Å². The number of esters is 2. The maximum absolute atomic E-state index is 12.4. The zero-order valence-electron chi connectivity index (χ0n) is 20.0. The quantitative estimate of drug-likeness (QED) is 0.136. The fraction of sp³-hybridized carbons (Fsp3) is 0.917. The third kappa shape index (κ3) is 6.57. The Bertz CT molecular complexity index is 477. The number of unbranched alkanes of at least 4 members (excludes halogenated alkanes) is 4. The van der Waals surface area contributed by atoms with Crippen LogP contribution in [-0.4, -0.2) is 34.2 Å². The number of hydrogen-bond donors (Lipinski definition) is 0. The molecule has 1 rings (SSSR count). The van der Waals surface area contributed by atoms with Gasteiger partial charge < -0.3 is 9.47 Å². The van der Waals surface area contributed by atoms with Crippen LogP contribution in [0.4, 0.5) is 0 Å². The predicted octanol–water partition coefficient (Wildman–Crippen LogP) is 6.60. The molecule has 5 heteroatoms. The van der Waals surface area contributed by atoms with Gasteiger partial charge in [0.2, 0.25) is 0 Å². The van der Waals surface area contributed by atoms with Crippen molar-refractivity contribution in [2.75, 3.05) is 14.2 Å². The fourth-order valence-corrected chi connectivity index (χ4v) is 9.21. The van der Waals surface area contributed by atoms with Crippen LogP contribution < -0.4 is 0 Å². The largest absolute Gasteiger partial charge is 0.468 e. The van der Waals surface area contributed by atoms with E-state index in [2.05, 4.69) is 27.7 Å². The lowest BCUT2D eigenvalue weighted by Gasteiger charge is -2.28. The summed E-state index contributed by atoms with van der Waals surface area (Å²) in [7, 11) is 1.79. The van der Waals surface area contributed by atoms with Crippen molar-refractivity contribution in [3.05, 3.63) is 0 Å². The van der Waals surface area contributed by atoms with E-state index in [0.29, 0.717) is 24.7 Å². The SMILES string of the molecule is CC[C@H]1CC(C(=O)OC)(C(=O)OC)C[C@@H]1CCCCCCC[Si](CC)(CC)CC. The molecule has 1 aliphatic carbocycles. The molecular weight excluding hydrogens is 380 g/mol. The third-order valence-corrected chi connectivity index (χ3v) is 14.0. The smallest absolute Gasteiger partial charge is 0.323 e. The third-order valence-electron chi connectivity index (χ3n) is 8.10. The minimum absolute atomic E-state index is 0.401. The number of rotatable bonds is 14. The standard InChI is InChI=1S/C24H46O4Si/c1-7-20-18-24(22(25)27-5,23(26)28-6)19-21(20)16-14-12-11-13-15-17-29(8-2,9-3)10-4/h20-21H,7-19H2,1-6H3/t20-,21-/m0/s1. The van der Waals surface area contributed by atoms with Gasteiger partial charge in [-0.3, -0.25) is 9.59 Å². The van der Waals surface area contributed by atoms with Crippen molar-refractivity contribution in [2.45, 2.75) is 110 Å². The molecule has 0 bridgehead atoms. The summed E-state index contributed by atoms with van der Waals surface area (Å²) in [5.41, 5.74) is -1.08. The van der Waals surface area contributed by atoms with Gasteiger partial charge >= 0.3 is 11.9 Å². The molecule has 1 fully saturated rings. The van der Waals surface area contributed by atoms with Crippen molar-refractivity contribution in [1.29, 1.82) is 0 Å². The molecule has 0 amide bonds. The van der Waals surface area contributed by atoms with Gasteiger partial charge in [-0.15, -0.1) is 0 Å². The van der Waals surface area contributed by atoms with E-state index in [-0.39, 0.29) is 0 Å². The molecule has 0 unspecified atom stereocenters. The lowest BCUT2D eigenvalue weighted by Crippen LogP contribution is -2.39. The molecule has 1 saturated carbocycles. The van der Waals surface area contributed by atoms with Crippen LogP contribution >= 0.6 is 0 Å². The van der Waals surface area contributed by atoms with Gasteiger partial charge in [-0.05, 0) is 24.7 Å². The molecule has 2 atom stereocenters. The normalized spacial score (nSPS) is 21.2. The van der Waals surface area contributed by atoms with Crippen molar-refractivity contribution in [3.63, 3.8) is 0 Å². The number of carbonyl (C=O) groups is 2. The molecule has 0 aromatic carbocycles. The Labute approximate surface area is 180 Å². The summed E-state index contributed by atoms with van der Waals surface area (Å²) in [6, 6.07) is 5.80. The highest BCUT2D eigenvalue weighted by molar-refractivity contribution is 6.79. The lowest BCUT2D eigenvalue weighted by molar-refractivity contribution is -0.169. The number of carbonyl (C=O) groups excluding carboxylic acids is 2. The molecule has 0 aromatic heterocycles. The zero-order chi connectivity index (χ0) is 21.9. The van der Waals surface area contributed by atoms with Crippen LogP contribution in [-0.2, 0) is 19.1 Å². The van der Waals surface area contributed by atoms with Gasteiger partial charge in [0.05, 0.1) is 22.3 Å². The van der Waals surface area contributed by atoms with Gasteiger partial charge in [-0.1, -0.05) is 96.8 Å². The average Bonchev–Trinajstić information content (AvgIpc) is 3.15. The van der Waals surface area contributed by atoms with E-state index in [1.165, 1.54) is 70.5 Å². The Morgan fingerprint density at radius 3 is 1.76 bits per heavy atom. The topological polar surface area (TPSA) is 52.6 Å². The molecule has 170 valence electrons. The second-order valence-electron chi connectivity index (χ2n) is 9.27. The second kappa shape index (κ2) is 12.8. The molecule has 0 spiro atoms. The number of ether oxygens (including phenoxy) is 2. The fourth-order valence-electron chi connectivity index (χ4n) is 5.65. The summed E-state index contributed by atoms with van der Waals surface area (Å²) in [4.78, 5) is 24.9. The highest BCUT2D eigenvalue weighted by Gasteiger charge is 2.56. The molecule has 0 radical (unpaired) electrons. The zero-order valence-corrected chi connectivity index (χ0v) is 21.0. The van der Waals surface area contributed by atoms with E-state index >= 15 is 0 Å². The first-order valence-corrected chi connectivity index (χ1v) is 14.9. The van der Waals surface area contributed by atoms with Crippen LogP contribution in [0.15, 0.2) is 0 Å². The lowest BCUT2D eigenvalue weighted by atomic mass is 9.84. The van der Waals surface area contributed by atoms with Crippen LogP contribution in [0.3, 0.4) is 0 Å². The van der Waals surface area contributed by atoms with Gasteiger partial charge in [0.25, 0.3) is 0 Å². The van der Waals surface area contributed by atoms with Crippen molar-refractivity contribution in [2.24, 2.45) is 17.3 Å². The van der Waals surface area contributed by atoms with Crippen LogP contribution in [0, 0.1) is 17.3 Å². The Morgan fingerprint density at radius 1 is 0.793 bits per heavy atom. The summed E-state index contributed by atoms with van der Waals surface area (Å²) in [5.74, 6) is -0.0153. The Morgan fingerprint density at radius 2 is 1.28 bits per heavy atom. The van der Waals surface area contributed by atoms with Crippen LogP contribution in [0.2, 0.25) is 24.2 Å². The van der Waals surface area contributed by atoms with E-state index < -0.39 is 25.4 Å². The Kier molecular flexibility index (Phi) is 11.5. The van der Waals surface area contributed by atoms with Crippen LogP contribution in [0.5, 0.6) is 0 Å². The first-order valence-electron chi connectivity index (χ1n) is 12.0. The minimum Gasteiger partial charge on any atom is -0.468 e. The number of methoxy groups -OCH3 is 2. The molecule has 4 nitrogen and oxygen atoms in total. The average molecular weight is 427 g/mol. The molecule has 29 heavy (non-hydrogen) atoms. The number of hydrogen-bond acceptors (Lipinski definition) is 4. The van der Waals surface area contributed by atoms with Gasteiger partial charge in [-0.25, -0.2) is 0 Å². The van der Waals surface area contributed by atoms with Crippen molar-refractivity contribution in [3.8, 4) is 0 Å². The van der Waals surface area contributed by atoms with E-state index in [1.54, 1.807) is 0 Å². The van der Waals surface area contributed by atoms with E-state index in [1.807, 2.05) is 0 Å². The summed E-state index contributed by atoms with van der Waals surface area (Å²) in [5, 5.41) is 0. The summed E-state index contributed by atoms with van der Waals surface area (Å²) < 4.78 is 9.98. The summed E-state index contributed by atoms with van der Waals surface area (Å²) >= 11 is 0. The van der Waals surface area contributed by atoms with Gasteiger partial charge in [0.15, 0.2) is 5.41 Å². The maximum atomic E-state index is 12.4.